The van der Waals surface area contributed by atoms with Gasteiger partial charge in [-0.1, -0.05) is 11.6 Å². The van der Waals surface area contributed by atoms with Crippen molar-refractivity contribution in [2.24, 2.45) is 0 Å². The summed E-state index contributed by atoms with van der Waals surface area (Å²) in [4.78, 5) is 28.6. The Bertz CT molecular complexity index is 990. The minimum atomic E-state index is -0.872. The van der Waals surface area contributed by atoms with Gasteiger partial charge in [0.1, 0.15) is 10.6 Å². The van der Waals surface area contributed by atoms with Gasteiger partial charge >= 0.3 is 5.97 Å². The normalized spacial score (nSPS) is 11.0. The van der Waals surface area contributed by atoms with Gasteiger partial charge in [-0.15, -0.1) is 11.3 Å². The smallest absolute Gasteiger partial charge is 0.303 e. The van der Waals surface area contributed by atoms with Crippen molar-refractivity contribution in [1.82, 2.24) is 9.55 Å². The Morgan fingerprint density at radius 3 is 2.88 bits per heavy atom. The van der Waals surface area contributed by atoms with Crippen LogP contribution in [0, 0.1) is 6.92 Å². The average molecular weight is 358 g/mol. The SMILES string of the molecule is COc1ccc(C)cc1-c1csc2ncn(CCCC(=O)O)c(=O)c12. The Balaban J connectivity index is 2.10. The number of aromatic nitrogens is 2. The van der Waals surface area contributed by atoms with E-state index < -0.39 is 5.97 Å². The molecule has 0 aliphatic rings. The van der Waals surface area contributed by atoms with E-state index in [-0.39, 0.29) is 12.0 Å². The highest BCUT2D eigenvalue weighted by Crippen LogP contribution is 2.36. The second-order valence-electron chi connectivity index (χ2n) is 5.77. The molecule has 25 heavy (non-hydrogen) atoms. The maximum absolute atomic E-state index is 12.9. The van der Waals surface area contributed by atoms with Gasteiger partial charge in [0.25, 0.3) is 5.56 Å². The molecule has 0 spiro atoms. The lowest BCUT2D eigenvalue weighted by Gasteiger charge is -2.09. The highest BCUT2D eigenvalue weighted by molar-refractivity contribution is 7.17. The second-order valence-corrected chi connectivity index (χ2v) is 6.63. The molecule has 3 aromatic rings. The average Bonchev–Trinajstić information content (AvgIpc) is 3.01. The fraction of sp³-hybridized carbons (Fsp3) is 0.278. The number of hydrogen-bond donors (Lipinski definition) is 1. The van der Waals surface area contributed by atoms with Crippen LogP contribution in [0.3, 0.4) is 0 Å². The van der Waals surface area contributed by atoms with E-state index in [2.05, 4.69) is 4.98 Å². The van der Waals surface area contributed by atoms with Gasteiger partial charge in [0.05, 0.1) is 18.8 Å². The van der Waals surface area contributed by atoms with Crippen LogP contribution < -0.4 is 10.3 Å². The van der Waals surface area contributed by atoms with Gasteiger partial charge in [0, 0.05) is 29.5 Å². The van der Waals surface area contributed by atoms with E-state index in [9.17, 15) is 9.59 Å². The number of aliphatic carboxylic acids is 1. The molecule has 1 N–H and O–H groups in total. The molecule has 0 atom stereocenters. The van der Waals surface area contributed by atoms with Gasteiger partial charge in [-0.3, -0.25) is 14.2 Å². The predicted molar refractivity (Wildman–Crippen MR) is 97.5 cm³/mol. The first kappa shape index (κ1) is 17.2. The summed E-state index contributed by atoms with van der Waals surface area (Å²) in [7, 11) is 1.60. The van der Waals surface area contributed by atoms with Crippen molar-refractivity contribution >= 4 is 27.5 Å². The third-order valence-corrected chi connectivity index (χ3v) is 4.88. The highest BCUT2D eigenvalue weighted by atomic mass is 32.1. The molecule has 7 heteroatoms. The molecule has 1 aromatic carbocycles. The third kappa shape index (κ3) is 3.41. The molecule has 0 bridgehead atoms. The fourth-order valence-corrected chi connectivity index (χ4v) is 3.66. The lowest BCUT2D eigenvalue weighted by molar-refractivity contribution is -0.137. The number of carbonyl (C=O) groups is 1. The van der Waals surface area contributed by atoms with E-state index in [0.717, 1.165) is 16.7 Å². The number of rotatable bonds is 6. The minimum Gasteiger partial charge on any atom is -0.496 e. The van der Waals surface area contributed by atoms with Crippen LogP contribution in [0.4, 0.5) is 0 Å². The number of benzene rings is 1. The van der Waals surface area contributed by atoms with Gasteiger partial charge in [-0.2, -0.15) is 0 Å². The van der Waals surface area contributed by atoms with Crippen LogP contribution in [0.15, 0.2) is 34.7 Å². The molecule has 0 unspecified atom stereocenters. The zero-order chi connectivity index (χ0) is 18.0. The molecule has 0 saturated carbocycles. The maximum atomic E-state index is 12.9. The molecule has 3 rings (SSSR count). The van der Waals surface area contributed by atoms with Crippen molar-refractivity contribution in [2.45, 2.75) is 26.3 Å². The molecule has 130 valence electrons. The van der Waals surface area contributed by atoms with Gasteiger partial charge in [-0.05, 0) is 25.5 Å². The summed E-state index contributed by atoms with van der Waals surface area (Å²) in [6, 6.07) is 5.83. The highest BCUT2D eigenvalue weighted by Gasteiger charge is 2.16. The molecule has 0 radical (unpaired) electrons. The van der Waals surface area contributed by atoms with E-state index >= 15 is 0 Å². The minimum absolute atomic E-state index is 0.0205. The van der Waals surface area contributed by atoms with Crippen molar-refractivity contribution in [3.05, 3.63) is 45.8 Å². The Morgan fingerprint density at radius 2 is 2.16 bits per heavy atom. The van der Waals surface area contributed by atoms with Crippen LogP contribution in [-0.4, -0.2) is 27.7 Å². The van der Waals surface area contributed by atoms with Crippen molar-refractivity contribution in [3.8, 4) is 16.9 Å². The van der Waals surface area contributed by atoms with Gasteiger partial charge < -0.3 is 9.84 Å². The first-order chi connectivity index (χ1) is 12.0. The first-order valence-corrected chi connectivity index (χ1v) is 8.72. The molecule has 0 saturated heterocycles. The number of aryl methyl sites for hydroxylation is 2. The van der Waals surface area contributed by atoms with Crippen LogP contribution in [0.5, 0.6) is 5.75 Å². The van der Waals surface area contributed by atoms with Gasteiger partial charge in [-0.25, -0.2) is 4.98 Å². The summed E-state index contributed by atoms with van der Waals surface area (Å²) in [6.07, 6.45) is 1.89. The third-order valence-electron chi connectivity index (χ3n) is 4.00. The molecule has 0 amide bonds. The Labute approximate surface area is 148 Å². The van der Waals surface area contributed by atoms with Crippen molar-refractivity contribution < 1.29 is 14.6 Å². The molecule has 0 fully saturated rings. The summed E-state index contributed by atoms with van der Waals surface area (Å²) in [5.74, 6) is -0.172. The molecule has 2 aromatic heterocycles. The topological polar surface area (TPSA) is 81.4 Å². The molecular formula is C18H18N2O4S. The fourth-order valence-electron chi connectivity index (χ4n) is 2.76. The number of thiophene rings is 1. The van der Waals surface area contributed by atoms with E-state index in [1.807, 2.05) is 30.5 Å². The Morgan fingerprint density at radius 1 is 1.36 bits per heavy atom. The molecule has 0 aliphatic heterocycles. The van der Waals surface area contributed by atoms with Crippen molar-refractivity contribution in [2.75, 3.05) is 7.11 Å². The van der Waals surface area contributed by atoms with Crippen LogP contribution in [0.25, 0.3) is 21.3 Å². The number of hydrogen-bond acceptors (Lipinski definition) is 5. The van der Waals surface area contributed by atoms with E-state index in [0.29, 0.717) is 28.9 Å². The summed E-state index contributed by atoms with van der Waals surface area (Å²) in [5, 5.41) is 11.2. The zero-order valence-corrected chi connectivity index (χ0v) is 14.8. The lowest BCUT2D eigenvalue weighted by atomic mass is 10.0. The standard InChI is InChI=1S/C18H18N2O4S/c1-11-5-6-14(24-2)12(8-11)13-9-25-17-16(13)18(23)20(10-19-17)7-3-4-15(21)22/h5-6,8-10H,3-4,7H2,1-2H3,(H,21,22). The number of carboxylic acid groups (broad SMARTS) is 1. The lowest BCUT2D eigenvalue weighted by Crippen LogP contribution is -2.20. The second kappa shape index (κ2) is 7.06. The molecular weight excluding hydrogens is 340 g/mol. The molecule has 2 heterocycles. The van der Waals surface area contributed by atoms with Crippen LogP contribution >= 0.6 is 11.3 Å². The number of ether oxygens (including phenoxy) is 1. The monoisotopic (exact) mass is 358 g/mol. The van der Waals surface area contributed by atoms with E-state index in [1.54, 1.807) is 7.11 Å². The van der Waals surface area contributed by atoms with Crippen molar-refractivity contribution in [3.63, 3.8) is 0 Å². The summed E-state index contributed by atoms with van der Waals surface area (Å²) < 4.78 is 6.92. The van der Waals surface area contributed by atoms with E-state index in [1.165, 1.54) is 22.2 Å². The van der Waals surface area contributed by atoms with Crippen LogP contribution in [0.2, 0.25) is 0 Å². The number of nitrogens with zero attached hydrogens (tertiary/aromatic N) is 2. The van der Waals surface area contributed by atoms with Crippen molar-refractivity contribution in [1.29, 1.82) is 0 Å². The summed E-state index contributed by atoms with van der Waals surface area (Å²) >= 11 is 1.41. The predicted octanol–water partition coefficient (Wildman–Crippen LogP) is 3.31. The zero-order valence-electron chi connectivity index (χ0n) is 14.0. The van der Waals surface area contributed by atoms with Crippen LogP contribution in [0.1, 0.15) is 18.4 Å². The van der Waals surface area contributed by atoms with Crippen LogP contribution in [-0.2, 0) is 11.3 Å². The molecule has 0 aliphatic carbocycles. The Hall–Kier alpha value is -2.67. The molecule has 6 nitrogen and oxygen atoms in total. The summed E-state index contributed by atoms with van der Waals surface area (Å²) in [5.41, 5.74) is 2.57. The Kier molecular flexibility index (Phi) is 4.85. The van der Waals surface area contributed by atoms with E-state index in [4.69, 9.17) is 9.84 Å². The van der Waals surface area contributed by atoms with Gasteiger partial charge in [0.15, 0.2) is 0 Å². The number of methoxy groups -OCH3 is 1. The quantitative estimate of drug-likeness (QED) is 0.731. The number of fused-ring (bicyclic) bond motifs is 1. The largest absolute Gasteiger partial charge is 0.496 e. The first-order valence-electron chi connectivity index (χ1n) is 7.84. The van der Waals surface area contributed by atoms with Gasteiger partial charge in [0.2, 0.25) is 0 Å². The number of carboxylic acids is 1. The summed E-state index contributed by atoms with van der Waals surface area (Å²) in [6.45, 7) is 2.31. The maximum Gasteiger partial charge on any atom is 0.303 e.